The number of fused-ring (bicyclic) bond motifs is 2. The Morgan fingerprint density at radius 2 is 1.97 bits per heavy atom. The zero-order valence-corrected chi connectivity index (χ0v) is 22.1. The number of alkyl carbamates (subject to hydrolysis) is 1. The average molecular weight is 503 g/mol. The Balaban J connectivity index is 1.39. The normalized spacial score (nSPS) is 16.4. The predicted octanol–water partition coefficient (Wildman–Crippen LogP) is 4.74. The number of para-hydroxylation sites is 1. The van der Waals surface area contributed by atoms with Crippen molar-refractivity contribution < 1.29 is 14.3 Å². The van der Waals surface area contributed by atoms with Crippen LogP contribution in [-0.4, -0.2) is 60.7 Å². The number of nitrogens with one attached hydrogen (secondary N) is 1. The van der Waals surface area contributed by atoms with Gasteiger partial charge < -0.3 is 24.1 Å². The number of aromatic nitrogens is 4. The van der Waals surface area contributed by atoms with E-state index in [1.54, 1.807) is 11.1 Å². The van der Waals surface area contributed by atoms with E-state index in [-0.39, 0.29) is 11.9 Å². The second-order valence-electron chi connectivity index (χ2n) is 10.6. The molecule has 1 aromatic carbocycles. The molecule has 1 N–H and O–H groups in total. The van der Waals surface area contributed by atoms with E-state index < -0.39 is 11.7 Å². The number of rotatable bonds is 4. The summed E-state index contributed by atoms with van der Waals surface area (Å²) in [6, 6.07) is 12.1. The van der Waals surface area contributed by atoms with Gasteiger partial charge in [0.05, 0.1) is 11.3 Å². The quantitative estimate of drug-likeness (QED) is 0.435. The molecule has 9 nitrogen and oxygen atoms in total. The predicted molar refractivity (Wildman–Crippen MR) is 143 cm³/mol. The first kappa shape index (κ1) is 24.8. The number of hydrogen-bond donors (Lipinski definition) is 1. The second kappa shape index (κ2) is 9.53. The lowest BCUT2D eigenvalue weighted by atomic mass is 10.0. The highest BCUT2D eigenvalue weighted by atomic mass is 16.6. The molecule has 1 fully saturated rings. The van der Waals surface area contributed by atoms with Crippen LogP contribution in [0.5, 0.6) is 0 Å². The number of aryl methyl sites for hydroxylation is 2. The van der Waals surface area contributed by atoms with E-state index in [1.165, 1.54) is 0 Å². The molecule has 4 aromatic rings. The molecule has 0 spiro atoms. The minimum atomic E-state index is -0.567. The number of imidazole rings is 1. The van der Waals surface area contributed by atoms with Crippen LogP contribution < -0.4 is 5.32 Å². The third-order valence-corrected chi connectivity index (χ3v) is 6.74. The van der Waals surface area contributed by atoms with Crippen molar-refractivity contribution in [1.82, 2.24) is 29.3 Å². The summed E-state index contributed by atoms with van der Waals surface area (Å²) in [5.41, 5.74) is 3.51. The van der Waals surface area contributed by atoms with Crippen molar-refractivity contribution in [2.75, 3.05) is 13.1 Å². The smallest absolute Gasteiger partial charge is 0.407 e. The molecule has 194 valence electrons. The van der Waals surface area contributed by atoms with Crippen LogP contribution in [0, 0.1) is 0 Å². The van der Waals surface area contributed by atoms with Crippen molar-refractivity contribution in [1.29, 1.82) is 0 Å². The molecule has 37 heavy (non-hydrogen) atoms. The van der Waals surface area contributed by atoms with Gasteiger partial charge in [0, 0.05) is 49.8 Å². The Morgan fingerprint density at radius 1 is 1.19 bits per heavy atom. The van der Waals surface area contributed by atoms with Crippen molar-refractivity contribution >= 4 is 34.1 Å². The summed E-state index contributed by atoms with van der Waals surface area (Å²) >= 11 is 0. The molecule has 4 heterocycles. The highest BCUT2D eigenvalue weighted by Crippen LogP contribution is 2.29. The van der Waals surface area contributed by atoms with Crippen LogP contribution in [0.4, 0.5) is 4.79 Å². The maximum absolute atomic E-state index is 13.4. The Kier molecular flexibility index (Phi) is 6.39. The summed E-state index contributed by atoms with van der Waals surface area (Å²) in [5, 5.41) is 4.07. The van der Waals surface area contributed by atoms with E-state index in [0.717, 1.165) is 47.5 Å². The zero-order valence-electron chi connectivity index (χ0n) is 22.1. The van der Waals surface area contributed by atoms with Crippen molar-refractivity contribution in [2.45, 2.75) is 58.7 Å². The van der Waals surface area contributed by atoms with Gasteiger partial charge in [-0.05, 0) is 58.7 Å². The van der Waals surface area contributed by atoms with Gasteiger partial charge in [0.1, 0.15) is 11.1 Å². The Morgan fingerprint density at radius 3 is 2.73 bits per heavy atom. The van der Waals surface area contributed by atoms with E-state index in [4.69, 9.17) is 9.72 Å². The largest absolute Gasteiger partial charge is 0.444 e. The number of carbonyl (C=O) groups excluding carboxylic acids is 2. The third-order valence-electron chi connectivity index (χ3n) is 6.74. The first-order valence-corrected chi connectivity index (χ1v) is 12.8. The van der Waals surface area contributed by atoms with Crippen LogP contribution in [-0.2, 0) is 18.3 Å². The lowest BCUT2D eigenvalue weighted by molar-refractivity contribution is 0.0452. The number of nitrogens with zero attached hydrogens (tertiary/aromatic N) is 5. The van der Waals surface area contributed by atoms with Gasteiger partial charge in [0.25, 0.3) is 5.91 Å². The summed E-state index contributed by atoms with van der Waals surface area (Å²) in [4.78, 5) is 36.9. The molecule has 1 aliphatic heterocycles. The minimum absolute atomic E-state index is 0.111. The lowest BCUT2D eigenvalue weighted by Gasteiger charge is -2.33. The fourth-order valence-electron chi connectivity index (χ4n) is 5.09. The highest BCUT2D eigenvalue weighted by Gasteiger charge is 2.28. The van der Waals surface area contributed by atoms with Crippen LogP contribution in [0.15, 0.2) is 42.6 Å². The maximum atomic E-state index is 13.4. The molecule has 0 aliphatic carbocycles. The van der Waals surface area contributed by atoms with Gasteiger partial charge in [-0.3, -0.25) is 4.79 Å². The minimum Gasteiger partial charge on any atom is -0.444 e. The molecular formula is C28H34N6O3. The van der Waals surface area contributed by atoms with E-state index in [9.17, 15) is 9.59 Å². The van der Waals surface area contributed by atoms with Crippen molar-refractivity contribution in [3.8, 4) is 11.5 Å². The molecule has 3 aromatic heterocycles. The molecule has 1 aliphatic rings. The fourth-order valence-corrected chi connectivity index (χ4v) is 5.09. The molecule has 5 rings (SSSR count). The molecule has 0 bridgehead atoms. The number of pyridine rings is 1. The first-order valence-electron chi connectivity index (χ1n) is 12.8. The molecule has 0 saturated carbocycles. The third kappa shape index (κ3) is 4.90. The average Bonchev–Trinajstić information content (AvgIpc) is 3.39. The number of hydrogen-bond acceptors (Lipinski definition) is 5. The van der Waals surface area contributed by atoms with E-state index >= 15 is 0 Å². The van der Waals surface area contributed by atoms with Gasteiger partial charge >= 0.3 is 6.09 Å². The molecule has 0 radical (unpaired) electrons. The summed E-state index contributed by atoms with van der Waals surface area (Å²) in [6.45, 7) is 9.49. The van der Waals surface area contributed by atoms with Crippen molar-refractivity contribution in [3.05, 3.63) is 48.2 Å². The topological polar surface area (TPSA) is 94.3 Å². The second-order valence-corrected chi connectivity index (χ2v) is 10.6. The van der Waals surface area contributed by atoms with Crippen LogP contribution in [0.2, 0.25) is 0 Å². The van der Waals surface area contributed by atoms with Crippen LogP contribution in [0.1, 0.15) is 50.9 Å². The van der Waals surface area contributed by atoms with Crippen LogP contribution >= 0.6 is 0 Å². The van der Waals surface area contributed by atoms with Gasteiger partial charge in [-0.1, -0.05) is 18.2 Å². The molecule has 9 heteroatoms. The molecule has 1 saturated heterocycles. The monoisotopic (exact) mass is 502 g/mol. The number of benzene rings is 1. The first-order chi connectivity index (χ1) is 17.6. The molecule has 1 atom stereocenters. The van der Waals surface area contributed by atoms with Gasteiger partial charge in [0.15, 0.2) is 11.5 Å². The molecule has 2 amide bonds. The maximum Gasteiger partial charge on any atom is 0.407 e. The van der Waals surface area contributed by atoms with E-state index in [0.29, 0.717) is 24.2 Å². The Bertz CT molecular complexity index is 1480. The van der Waals surface area contributed by atoms with Gasteiger partial charge in [-0.25, -0.2) is 14.8 Å². The number of carbonyl (C=O) groups is 2. The van der Waals surface area contributed by atoms with Crippen LogP contribution in [0.3, 0.4) is 0 Å². The fraction of sp³-hybridized carbons (Fsp3) is 0.429. The van der Waals surface area contributed by atoms with E-state index in [1.807, 2.05) is 50.6 Å². The van der Waals surface area contributed by atoms with Gasteiger partial charge in [-0.15, -0.1) is 0 Å². The summed E-state index contributed by atoms with van der Waals surface area (Å²) < 4.78 is 9.60. The lowest BCUT2D eigenvalue weighted by Crippen LogP contribution is -2.50. The van der Waals surface area contributed by atoms with Gasteiger partial charge in [-0.2, -0.15) is 0 Å². The van der Waals surface area contributed by atoms with Crippen molar-refractivity contribution in [2.24, 2.45) is 7.05 Å². The number of ether oxygens (including phenoxy) is 1. The summed E-state index contributed by atoms with van der Waals surface area (Å²) in [5.74, 6) is 0.699. The Labute approximate surface area is 216 Å². The molecular weight excluding hydrogens is 468 g/mol. The van der Waals surface area contributed by atoms with Crippen LogP contribution in [0.25, 0.3) is 33.6 Å². The highest BCUT2D eigenvalue weighted by molar-refractivity contribution is 5.97. The standard InChI is InChI=1S/C28H34N6O3/c1-6-34-22-12-8-7-10-18(22)15-23(34)25-31-21-14-19(16-29-24(21)32(25)5)26(35)33-13-9-11-20(17-33)30-27(36)37-28(2,3)4/h7-8,10,12,14-16,20H,6,9,11,13,17H2,1-5H3,(H,30,36)/t20-/m1/s1. The summed E-state index contributed by atoms with van der Waals surface area (Å²) in [7, 11) is 1.95. The van der Waals surface area contributed by atoms with Gasteiger partial charge in [0.2, 0.25) is 0 Å². The number of likely N-dealkylation sites (tertiary alicyclic amines) is 1. The van der Waals surface area contributed by atoms with Crippen molar-refractivity contribution in [3.63, 3.8) is 0 Å². The Hall–Kier alpha value is -3.88. The SMILES string of the molecule is CCn1c(-c2nc3cc(C(=O)N4CCC[C@@H](NC(=O)OC(C)(C)C)C4)cnc3n2C)cc2ccccc21. The molecule has 0 unspecified atom stereocenters. The number of piperidine rings is 1. The summed E-state index contributed by atoms with van der Waals surface area (Å²) in [6.07, 6.45) is 2.77. The zero-order chi connectivity index (χ0) is 26.3. The van der Waals surface area contributed by atoms with E-state index in [2.05, 4.69) is 40.0 Å². The number of amides is 2.